The van der Waals surface area contributed by atoms with E-state index < -0.39 is 5.41 Å². The summed E-state index contributed by atoms with van der Waals surface area (Å²) in [6.07, 6.45) is 8.30. The van der Waals surface area contributed by atoms with Gasteiger partial charge in [-0.15, -0.1) is 6.58 Å². The lowest BCUT2D eigenvalue weighted by atomic mass is 9.85. The van der Waals surface area contributed by atoms with Crippen molar-refractivity contribution >= 4 is 21.8 Å². The van der Waals surface area contributed by atoms with Crippen LogP contribution in [0.4, 0.5) is 0 Å². The van der Waals surface area contributed by atoms with Gasteiger partial charge in [0.25, 0.3) is 0 Å². The fourth-order valence-corrected chi connectivity index (χ4v) is 2.89. The van der Waals surface area contributed by atoms with Gasteiger partial charge >= 0.3 is 0 Å². The highest BCUT2D eigenvalue weighted by molar-refractivity contribution is 9.10. The molecule has 0 saturated carbocycles. The summed E-state index contributed by atoms with van der Waals surface area (Å²) in [6, 6.07) is 0.391. The van der Waals surface area contributed by atoms with Crippen LogP contribution in [0.2, 0.25) is 0 Å². The summed E-state index contributed by atoms with van der Waals surface area (Å²) < 4.78 is 3.00. The quantitative estimate of drug-likeness (QED) is 0.788. The van der Waals surface area contributed by atoms with E-state index in [1.807, 2.05) is 35.8 Å². The maximum Gasteiger partial charge on any atom is 0.232 e. The van der Waals surface area contributed by atoms with Crippen LogP contribution in [0.1, 0.15) is 39.2 Å². The predicted octanol–water partition coefficient (Wildman–Crippen LogP) is 3.41. The molecule has 0 aliphatic carbocycles. The second-order valence-electron chi connectivity index (χ2n) is 5.64. The molecule has 1 aliphatic rings. The van der Waals surface area contributed by atoms with Crippen LogP contribution in [0, 0.1) is 5.41 Å². The van der Waals surface area contributed by atoms with E-state index in [2.05, 4.69) is 27.6 Å². The van der Waals surface area contributed by atoms with E-state index in [1.165, 1.54) is 0 Å². The second kappa shape index (κ2) is 6.12. The molecule has 1 amide bonds. The highest BCUT2D eigenvalue weighted by atomic mass is 79.9. The third-order valence-electron chi connectivity index (χ3n) is 4.37. The van der Waals surface area contributed by atoms with Gasteiger partial charge in [-0.25, -0.2) is 0 Å². The zero-order chi connectivity index (χ0) is 14.8. The van der Waals surface area contributed by atoms with Gasteiger partial charge < -0.3 is 4.90 Å². The Morgan fingerprint density at radius 1 is 1.60 bits per heavy atom. The van der Waals surface area contributed by atoms with Crippen LogP contribution < -0.4 is 0 Å². The molecule has 1 atom stereocenters. The van der Waals surface area contributed by atoms with E-state index in [1.54, 1.807) is 6.08 Å². The van der Waals surface area contributed by atoms with E-state index >= 15 is 0 Å². The minimum Gasteiger partial charge on any atom is -0.342 e. The molecule has 0 aromatic carbocycles. The van der Waals surface area contributed by atoms with Crippen molar-refractivity contribution in [1.82, 2.24) is 14.7 Å². The number of likely N-dealkylation sites (tertiary alicyclic amines) is 1. The number of carbonyl (C=O) groups is 1. The van der Waals surface area contributed by atoms with Crippen molar-refractivity contribution in [1.29, 1.82) is 0 Å². The maximum atomic E-state index is 12.6. The van der Waals surface area contributed by atoms with Gasteiger partial charge in [0, 0.05) is 19.3 Å². The summed E-state index contributed by atoms with van der Waals surface area (Å²) in [4.78, 5) is 14.5. The second-order valence-corrected chi connectivity index (χ2v) is 6.55. The lowest BCUT2D eigenvalue weighted by Gasteiger charge is -2.37. The minimum atomic E-state index is -0.429. The highest BCUT2D eigenvalue weighted by Gasteiger charge is 2.34. The first-order chi connectivity index (χ1) is 9.50. The van der Waals surface area contributed by atoms with Crippen molar-refractivity contribution < 1.29 is 4.79 Å². The molecule has 1 fully saturated rings. The van der Waals surface area contributed by atoms with Crippen LogP contribution in [0.25, 0.3) is 0 Å². The number of carbonyl (C=O) groups excluding carboxylic acids is 1. The first-order valence-electron chi connectivity index (χ1n) is 7.13. The van der Waals surface area contributed by atoms with Crippen LogP contribution in [0.5, 0.6) is 0 Å². The summed E-state index contributed by atoms with van der Waals surface area (Å²) in [5.74, 6) is 0.204. The number of hydrogen-bond donors (Lipinski definition) is 0. The van der Waals surface area contributed by atoms with Crippen molar-refractivity contribution in [2.75, 3.05) is 13.1 Å². The topological polar surface area (TPSA) is 38.1 Å². The first-order valence-corrected chi connectivity index (χ1v) is 7.92. The standard InChI is InChI=1S/C15H22BrN3O/c1-4-15(3,5-2)14(20)18-8-6-13(7-9-18)19-11-12(16)10-17-19/h4,10-11,13H,1,5-9H2,2-3H3/t15-/m1/s1. The van der Waals surface area contributed by atoms with Gasteiger partial charge in [-0.05, 0) is 42.1 Å². The molecule has 20 heavy (non-hydrogen) atoms. The van der Waals surface area contributed by atoms with Gasteiger partial charge in [-0.2, -0.15) is 5.10 Å². The molecule has 0 N–H and O–H groups in total. The monoisotopic (exact) mass is 339 g/mol. The molecule has 0 unspecified atom stereocenters. The largest absolute Gasteiger partial charge is 0.342 e. The molecule has 0 radical (unpaired) electrons. The van der Waals surface area contributed by atoms with E-state index in [0.29, 0.717) is 6.04 Å². The molecule has 1 aromatic rings. The smallest absolute Gasteiger partial charge is 0.232 e. The Morgan fingerprint density at radius 3 is 2.70 bits per heavy atom. The lowest BCUT2D eigenvalue weighted by Crippen LogP contribution is -2.45. The Morgan fingerprint density at radius 2 is 2.25 bits per heavy atom. The van der Waals surface area contributed by atoms with Gasteiger partial charge in [0.15, 0.2) is 0 Å². The van der Waals surface area contributed by atoms with Crippen LogP contribution in [-0.2, 0) is 4.79 Å². The number of aromatic nitrogens is 2. The third kappa shape index (κ3) is 2.97. The van der Waals surface area contributed by atoms with Crippen molar-refractivity contribution in [2.45, 2.75) is 39.2 Å². The SMILES string of the molecule is C=C[C@](C)(CC)C(=O)N1CCC(n2cc(Br)cn2)CC1. The normalized spacial score (nSPS) is 19.6. The van der Waals surface area contributed by atoms with Gasteiger partial charge in [0.2, 0.25) is 5.91 Å². The molecular weight excluding hydrogens is 318 g/mol. The van der Waals surface area contributed by atoms with E-state index in [9.17, 15) is 4.79 Å². The summed E-state index contributed by atoms with van der Waals surface area (Å²) in [5.41, 5.74) is -0.429. The van der Waals surface area contributed by atoms with E-state index in [4.69, 9.17) is 0 Å². The maximum absolute atomic E-state index is 12.6. The van der Waals surface area contributed by atoms with Crippen LogP contribution >= 0.6 is 15.9 Å². The van der Waals surface area contributed by atoms with Crippen LogP contribution in [0.15, 0.2) is 29.5 Å². The van der Waals surface area contributed by atoms with Crippen molar-refractivity contribution in [3.63, 3.8) is 0 Å². The molecule has 1 saturated heterocycles. The Hall–Kier alpha value is -1.10. The molecule has 0 bridgehead atoms. The summed E-state index contributed by atoms with van der Waals surface area (Å²) in [7, 11) is 0. The molecule has 5 heteroatoms. The van der Waals surface area contributed by atoms with Crippen LogP contribution in [-0.4, -0.2) is 33.7 Å². The zero-order valence-corrected chi connectivity index (χ0v) is 13.8. The van der Waals surface area contributed by atoms with Gasteiger partial charge in [0.1, 0.15) is 0 Å². The molecule has 2 rings (SSSR count). The molecular formula is C15H22BrN3O. The number of hydrogen-bond acceptors (Lipinski definition) is 2. The van der Waals surface area contributed by atoms with Gasteiger partial charge in [-0.3, -0.25) is 9.48 Å². The van der Waals surface area contributed by atoms with Crippen molar-refractivity contribution in [3.8, 4) is 0 Å². The Labute approximate surface area is 129 Å². The Kier molecular flexibility index (Phi) is 4.68. The van der Waals surface area contributed by atoms with Gasteiger partial charge in [-0.1, -0.05) is 13.0 Å². The van der Waals surface area contributed by atoms with E-state index in [-0.39, 0.29) is 5.91 Å². The van der Waals surface area contributed by atoms with Crippen molar-refractivity contribution in [3.05, 3.63) is 29.5 Å². The number of nitrogens with zero attached hydrogens (tertiary/aromatic N) is 3. The Balaban J connectivity index is 1.97. The van der Waals surface area contributed by atoms with Crippen molar-refractivity contribution in [2.24, 2.45) is 5.41 Å². The third-order valence-corrected chi connectivity index (χ3v) is 4.78. The number of amides is 1. The molecule has 1 aromatic heterocycles. The summed E-state index contributed by atoms with van der Waals surface area (Å²) in [5, 5.41) is 4.34. The fourth-order valence-electron chi connectivity index (χ4n) is 2.59. The van der Waals surface area contributed by atoms with E-state index in [0.717, 1.165) is 36.8 Å². The van der Waals surface area contributed by atoms with Crippen LogP contribution in [0.3, 0.4) is 0 Å². The first kappa shape index (κ1) is 15.3. The summed E-state index contributed by atoms with van der Waals surface area (Å²) in [6.45, 7) is 9.42. The fraction of sp³-hybridized carbons (Fsp3) is 0.600. The zero-order valence-electron chi connectivity index (χ0n) is 12.2. The molecule has 1 aliphatic heterocycles. The molecule has 0 spiro atoms. The average Bonchev–Trinajstić information content (AvgIpc) is 2.92. The number of halogens is 1. The van der Waals surface area contributed by atoms with Gasteiger partial charge in [0.05, 0.1) is 22.1 Å². The summed E-state index contributed by atoms with van der Waals surface area (Å²) >= 11 is 3.42. The number of rotatable bonds is 4. The molecule has 110 valence electrons. The predicted molar refractivity (Wildman–Crippen MR) is 83.4 cm³/mol. The average molecular weight is 340 g/mol. The molecule has 4 nitrogen and oxygen atoms in total. The molecule has 2 heterocycles. The minimum absolute atomic E-state index is 0.204. The number of piperidine rings is 1. The lowest BCUT2D eigenvalue weighted by molar-refractivity contribution is -0.140. The Bertz CT molecular complexity index is 491. The highest BCUT2D eigenvalue weighted by Crippen LogP contribution is 2.29.